The van der Waals surface area contributed by atoms with Crippen molar-refractivity contribution < 1.29 is 23.1 Å². The molecule has 0 spiro atoms. The highest BCUT2D eigenvalue weighted by molar-refractivity contribution is 7.92. The van der Waals surface area contributed by atoms with Gasteiger partial charge in [-0.1, -0.05) is 47.5 Å². The van der Waals surface area contributed by atoms with E-state index in [1.165, 1.54) is 4.31 Å². The molecule has 3 aromatic rings. The van der Waals surface area contributed by atoms with E-state index in [0.717, 1.165) is 27.8 Å². The summed E-state index contributed by atoms with van der Waals surface area (Å²) >= 11 is 0. The predicted molar refractivity (Wildman–Crippen MR) is 138 cm³/mol. The lowest BCUT2D eigenvalue weighted by Gasteiger charge is -2.38. The largest absolute Gasteiger partial charge is 0.486 e. The van der Waals surface area contributed by atoms with Crippen LogP contribution in [0.3, 0.4) is 0 Å². The van der Waals surface area contributed by atoms with Gasteiger partial charge in [0.2, 0.25) is 0 Å². The molecule has 0 fully saturated rings. The molecule has 1 N–H and O–H groups in total. The van der Waals surface area contributed by atoms with Crippen LogP contribution in [0.5, 0.6) is 5.75 Å². The van der Waals surface area contributed by atoms with E-state index in [4.69, 9.17) is 4.74 Å². The maximum atomic E-state index is 13.9. The first-order valence-corrected chi connectivity index (χ1v) is 13.0. The molecule has 184 valence electrons. The van der Waals surface area contributed by atoms with Crippen molar-refractivity contribution in [1.29, 1.82) is 0 Å². The Morgan fingerprint density at radius 1 is 0.971 bits per heavy atom. The number of fused-ring (bicyclic) bond motifs is 1. The van der Waals surface area contributed by atoms with Gasteiger partial charge in [-0.2, -0.15) is 0 Å². The fourth-order valence-corrected chi connectivity index (χ4v) is 6.13. The van der Waals surface area contributed by atoms with Gasteiger partial charge in [0, 0.05) is 6.42 Å². The number of aliphatic carboxylic acids is 1. The molecule has 1 atom stereocenters. The zero-order valence-electron chi connectivity index (χ0n) is 20.7. The molecule has 1 aliphatic heterocycles. The van der Waals surface area contributed by atoms with Crippen molar-refractivity contribution in [3.05, 3.63) is 77.4 Å². The third-order valence-corrected chi connectivity index (χ3v) is 8.12. The van der Waals surface area contributed by atoms with E-state index < -0.39 is 27.5 Å². The van der Waals surface area contributed by atoms with E-state index in [9.17, 15) is 18.3 Å². The Morgan fingerprint density at radius 2 is 1.66 bits per heavy atom. The molecule has 1 heterocycles. The van der Waals surface area contributed by atoms with Crippen molar-refractivity contribution in [1.82, 2.24) is 0 Å². The van der Waals surface area contributed by atoms with Gasteiger partial charge >= 0.3 is 5.97 Å². The van der Waals surface area contributed by atoms with E-state index in [0.29, 0.717) is 11.4 Å². The molecule has 35 heavy (non-hydrogen) atoms. The second kappa shape index (κ2) is 9.04. The molecule has 4 rings (SSSR count). The lowest BCUT2D eigenvalue weighted by Crippen LogP contribution is -2.46. The molecule has 0 bridgehead atoms. The van der Waals surface area contributed by atoms with Crippen molar-refractivity contribution in [2.75, 3.05) is 10.8 Å². The number of carboxylic acid groups (broad SMARTS) is 1. The minimum absolute atomic E-state index is 0.0241. The van der Waals surface area contributed by atoms with E-state index in [2.05, 4.69) is 18.2 Å². The SMILES string of the molecule is Cc1cc(C)cc(-c2ccc3c(c2)N(S(=O)(=O)c2cccc(C)c2)C[C@H](CC(C)(C)C(=O)O)O3)c1. The third-order valence-electron chi connectivity index (χ3n) is 6.34. The molecule has 6 nitrogen and oxygen atoms in total. The average molecular weight is 494 g/mol. The molecular formula is C28H31NO5S. The zero-order valence-corrected chi connectivity index (χ0v) is 21.5. The van der Waals surface area contributed by atoms with Gasteiger partial charge < -0.3 is 9.84 Å². The molecular weight excluding hydrogens is 462 g/mol. The Balaban J connectivity index is 1.83. The summed E-state index contributed by atoms with van der Waals surface area (Å²) in [5, 5.41) is 9.62. The highest BCUT2D eigenvalue weighted by atomic mass is 32.2. The maximum absolute atomic E-state index is 13.9. The standard InChI is InChI=1S/C28H31NO5S/c1-18-7-6-8-24(14-18)35(32,33)29-17-23(16-28(4,5)27(30)31)34-26-10-9-21(15-25(26)29)22-12-19(2)11-20(3)13-22/h6-15,23H,16-17H2,1-5H3,(H,30,31)/t23-/m0/s1. The maximum Gasteiger partial charge on any atom is 0.309 e. The van der Waals surface area contributed by atoms with Crippen LogP contribution in [-0.4, -0.2) is 32.1 Å². The summed E-state index contributed by atoms with van der Waals surface area (Å²) in [6.45, 7) is 9.18. The lowest BCUT2D eigenvalue weighted by atomic mass is 9.86. The number of benzene rings is 3. The number of hydrogen-bond acceptors (Lipinski definition) is 4. The van der Waals surface area contributed by atoms with Crippen LogP contribution in [0.15, 0.2) is 65.6 Å². The van der Waals surface area contributed by atoms with Crippen LogP contribution < -0.4 is 9.04 Å². The Kier molecular flexibility index (Phi) is 6.40. The summed E-state index contributed by atoms with van der Waals surface area (Å²) in [4.78, 5) is 11.9. The molecule has 7 heteroatoms. The third kappa shape index (κ3) is 5.05. The second-order valence-electron chi connectivity index (χ2n) is 10.0. The Bertz CT molecular complexity index is 1370. The number of hydrogen-bond donors (Lipinski definition) is 1. The van der Waals surface area contributed by atoms with Gasteiger partial charge in [0.15, 0.2) is 0 Å². The summed E-state index contributed by atoms with van der Waals surface area (Å²) < 4.78 is 35.3. The van der Waals surface area contributed by atoms with Crippen molar-refractivity contribution >= 4 is 21.7 Å². The number of nitrogens with zero attached hydrogens (tertiary/aromatic N) is 1. The van der Waals surface area contributed by atoms with E-state index in [1.54, 1.807) is 38.1 Å². The highest BCUT2D eigenvalue weighted by Crippen LogP contribution is 2.42. The Labute approximate surface area is 207 Å². The summed E-state index contributed by atoms with van der Waals surface area (Å²) in [6.07, 6.45) is -0.444. The van der Waals surface area contributed by atoms with Crippen LogP contribution in [0.4, 0.5) is 5.69 Å². The fourth-order valence-electron chi connectivity index (χ4n) is 4.53. The zero-order chi connectivity index (χ0) is 25.5. The minimum Gasteiger partial charge on any atom is -0.486 e. The van der Waals surface area contributed by atoms with Gasteiger partial charge in [0.05, 0.1) is 22.5 Å². The highest BCUT2D eigenvalue weighted by Gasteiger charge is 2.39. The second-order valence-corrected chi connectivity index (χ2v) is 11.9. The fraction of sp³-hybridized carbons (Fsp3) is 0.321. The van der Waals surface area contributed by atoms with Crippen molar-refractivity contribution in [3.8, 4) is 16.9 Å². The number of aryl methyl sites for hydroxylation is 3. The van der Waals surface area contributed by atoms with Gasteiger partial charge in [0.1, 0.15) is 11.9 Å². The smallest absolute Gasteiger partial charge is 0.309 e. The molecule has 0 radical (unpaired) electrons. The van der Waals surface area contributed by atoms with Gasteiger partial charge in [-0.05, 0) is 75.6 Å². The predicted octanol–water partition coefficient (Wildman–Crippen LogP) is 5.74. The van der Waals surface area contributed by atoms with Crippen LogP contribution >= 0.6 is 0 Å². The first-order valence-electron chi connectivity index (χ1n) is 11.6. The van der Waals surface area contributed by atoms with Crippen LogP contribution in [-0.2, 0) is 14.8 Å². The molecule has 1 aliphatic rings. The molecule has 0 amide bonds. The number of carbonyl (C=O) groups is 1. The van der Waals surface area contributed by atoms with Gasteiger partial charge in [-0.15, -0.1) is 0 Å². The number of ether oxygens (including phenoxy) is 1. The molecule has 3 aromatic carbocycles. The molecule has 0 aromatic heterocycles. The molecule has 0 aliphatic carbocycles. The Hall–Kier alpha value is -3.32. The normalized spacial score (nSPS) is 15.9. The van der Waals surface area contributed by atoms with Crippen LogP contribution in [0.2, 0.25) is 0 Å². The lowest BCUT2D eigenvalue weighted by molar-refractivity contribution is -0.148. The van der Waals surface area contributed by atoms with Crippen LogP contribution in [0.1, 0.15) is 37.0 Å². The van der Waals surface area contributed by atoms with Crippen molar-refractivity contribution in [2.24, 2.45) is 5.41 Å². The van der Waals surface area contributed by atoms with Crippen LogP contribution in [0.25, 0.3) is 11.1 Å². The first kappa shape index (κ1) is 24.8. The molecule has 0 unspecified atom stereocenters. The summed E-state index contributed by atoms with van der Waals surface area (Å²) in [7, 11) is -3.92. The quantitative estimate of drug-likeness (QED) is 0.474. The van der Waals surface area contributed by atoms with E-state index >= 15 is 0 Å². The first-order chi connectivity index (χ1) is 16.4. The summed E-state index contributed by atoms with van der Waals surface area (Å²) in [5.74, 6) is -0.531. The summed E-state index contributed by atoms with van der Waals surface area (Å²) in [5.41, 5.74) is 4.34. The minimum atomic E-state index is -3.92. The number of carboxylic acids is 1. The van der Waals surface area contributed by atoms with Gasteiger partial charge in [0.25, 0.3) is 10.0 Å². The number of rotatable bonds is 6. The monoisotopic (exact) mass is 493 g/mol. The van der Waals surface area contributed by atoms with E-state index in [1.807, 2.05) is 39.0 Å². The van der Waals surface area contributed by atoms with Gasteiger partial charge in [-0.25, -0.2) is 8.42 Å². The molecule has 0 saturated carbocycles. The average Bonchev–Trinajstić information content (AvgIpc) is 2.77. The number of anilines is 1. The van der Waals surface area contributed by atoms with E-state index in [-0.39, 0.29) is 17.9 Å². The Morgan fingerprint density at radius 3 is 2.29 bits per heavy atom. The van der Waals surface area contributed by atoms with Crippen LogP contribution in [0, 0.1) is 26.2 Å². The number of sulfonamides is 1. The summed E-state index contributed by atoms with van der Waals surface area (Å²) in [6, 6.07) is 18.6. The van der Waals surface area contributed by atoms with Crippen molar-refractivity contribution in [2.45, 2.75) is 52.0 Å². The molecule has 0 saturated heterocycles. The van der Waals surface area contributed by atoms with Crippen molar-refractivity contribution in [3.63, 3.8) is 0 Å². The van der Waals surface area contributed by atoms with Gasteiger partial charge in [-0.3, -0.25) is 9.10 Å². The topological polar surface area (TPSA) is 83.9 Å².